The third kappa shape index (κ3) is 5.36. The Morgan fingerprint density at radius 1 is 1.33 bits per heavy atom. The Morgan fingerprint density at radius 2 is 2.17 bits per heavy atom. The van der Waals surface area contributed by atoms with Crippen LogP contribution in [0.25, 0.3) is 0 Å². The number of rotatable bonds is 7. The molecule has 0 spiro atoms. The van der Waals surface area contributed by atoms with Gasteiger partial charge in [0.2, 0.25) is 5.91 Å². The summed E-state index contributed by atoms with van der Waals surface area (Å²) in [6.07, 6.45) is 7.71. The monoisotopic (exact) mass is 253 g/mol. The molecule has 0 radical (unpaired) electrons. The summed E-state index contributed by atoms with van der Waals surface area (Å²) in [5.74, 6) is 0.951. The first-order valence-electron chi connectivity index (χ1n) is 7.42. The Kier molecular flexibility index (Phi) is 5.45. The standard InChI is InChI=1S/C14H27N3O/c1-17(9-7-13-4-2-3-8-15-13)11-14(18)16-10-12-5-6-12/h12-13,15H,2-11H2,1H3,(H,16,18). The third-order valence-electron chi connectivity index (χ3n) is 3.97. The number of hydrogen-bond donors (Lipinski definition) is 2. The lowest BCUT2D eigenvalue weighted by Crippen LogP contribution is -2.40. The molecule has 0 aromatic carbocycles. The molecule has 4 nitrogen and oxygen atoms in total. The Bertz CT molecular complexity index is 260. The lowest BCUT2D eigenvalue weighted by atomic mass is 10.0. The van der Waals surface area contributed by atoms with E-state index in [0.717, 1.165) is 32.0 Å². The molecule has 1 aliphatic carbocycles. The number of nitrogens with one attached hydrogen (secondary N) is 2. The van der Waals surface area contributed by atoms with Gasteiger partial charge in [-0.25, -0.2) is 0 Å². The molecule has 0 aromatic heterocycles. The number of carbonyl (C=O) groups is 1. The predicted octanol–water partition coefficient (Wildman–Crippen LogP) is 0.977. The van der Waals surface area contributed by atoms with Gasteiger partial charge in [-0.05, 0) is 58.2 Å². The van der Waals surface area contributed by atoms with Crippen LogP contribution in [0.2, 0.25) is 0 Å². The lowest BCUT2D eigenvalue weighted by Gasteiger charge is -2.25. The van der Waals surface area contributed by atoms with Gasteiger partial charge in [-0.3, -0.25) is 9.69 Å². The molecule has 1 atom stereocenters. The fraction of sp³-hybridized carbons (Fsp3) is 0.929. The molecule has 2 aliphatic rings. The molecule has 0 bridgehead atoms. The van der Waals surface area contributed by atoms with Crippen LogP contribution in [0, 0.1) is 5.92 Å². The van der Waals surface area contributed by atoms with Gasteiger partial charge in [0.25, 0.3) is 0 Å². The molecule has 2 N–H and O–H groups in total. The normalized spacial score (nSPS) is 24.2. The molecule has 1 saturated heterocycles. The summed E-state index contributed by atoms with van der Waals surface area (Å²) < 4.78 is 0. The second kappa shape index (κ2) is 7.10. The van der Waals surface area contributed by atoms with Crippen molar-refractivity contribution >= 4 is 5.91 Å². The number of amides is 1. The molecule has 1 aliphatic heterocycles. The summed E-state index contributed by atoms with van der Waals surface area (Å²) in [4.78, 5) is 13.8. The zero-order chi connectivity index (χ0) is 12.8. The van der Waals surface area contributed by atoms with Gasteiger partial charge in [-0.15, -0.1) is 0 Å². The fourth-order valence-corrected chi connectivity index (χ4v) is 2.51. The lowest BCUT2D eigenvalue weighted by molar-refractivity contribution is -0.122. The van der Waals surface area contributed by atoms with E-state index in [1.165, 1.54) is 32.1 Å². The molecule has 18 heavy (non-hydrogen) atoms. The number of likely N-dealkylation sites (N-methyl/N-ethyl adjacent to an activating group) is 1. The van der Waals surface area contributed by atoms with Crippen LogP contribution in [0.3, 0.4) is 0 Å². The Morgan fingerprint density at radius 3 is 2.83 bits per heavy atom. The topological polar surface area (TPSA) is 44.4 Å². The highest BCUT2D eigenvalue weighted by Gasteiger charge is 2.21. The zero-order valence-corrected chi connectivity index (χ0v) is 11.6. The van der Waals surface area contributed by atoms with Gasteiger partial charge in [-0.2, -0.15) is 0 Å². The molecule has 1 unspecified atom stereocenters. The van der Waals surface area contributed by atoms with Crippen LogP contribution in [-0.4, -0.2) is 50.1 Å². The van der Waals surface area contributed by atoms with Crippen molar-refractivity contribution in [1.29, 1.82) is 0 Å². The summed E-state index contributed by atoms with van der Waals surface area (Å²) in [5, 5.41) is 6.57. The predicted molar refractivity (Wildman–Crippen MR) is 73.5 cm³/mol. The summed E-state index contributed by atoms with van der Waals surface area (Å²) in [7, 11) is 2.04. The number of piperidine rings is 1. The van der Waals surface area contributed by atoms with E-state index in [9.17, 15) is 4.79 Å². The Balaban J connectivity index is 1.52. The minimum absolute atomic E-state index is 0.181. The van der Waals surface area contributed by atoms with Crippen molar-refractivity contribution in [3.63, 3.8) is 0 Å². The van der Waals surface area contributed by atoms with Crippen LogP contribution in [-0.2, 0) is 4.79 Å². The molecular weight excluding hydrogens is 226 g/mol. The quantitative estimate of drug-likeness (QED) is 0.711. The summed E-state index contributed by atoms with van der Waals surface area (Å²) in [6.45, 7) is 3.60. The van der Waals surface area contributed by atoms with Crippen molar-refractivity contribution in [2.45, 2.75) is 44.6 Å². The summed E-state index contributed by atoms with van der Waals surface area (Å²) >= 11 is 0. The van der Waals surface area contributed by atoms with Crippen molar-refractivity contribution in [3.8, 4) is 0 Å². The van der Waals surface area contributed by atoms with E-state index in [2.05, 4.69) is 15.5 Å². The number of nitrogens with zero attached hydrogens (tertiary/aromatic N) is 1. The second-order valence-electron chi connectivity index (χ2n) is 5.92. The average molecular weight is 253 g/mol. The van der Waals surface area contributed by atoms with Crippen molar-refractivity contribution in [1.82, 2.24) is 15.5 Å². The van der Waals surface area contributed by atoms with Gasteiger partial charge in [0.15, 0.2) is 0 Å². The summed E-state index contributed by atoms with van der Waals surface area (Å²) in [6, 6.07) is 0.663. The third-order valence-corrected chi connectivity index (χ3v) is 3.97. The first kappa shape index (κ1) is 13.8. The number of carbonyl (C=O) groups excluding carboxylic acids is 1. The van der Waals surface area contributed by atoms with Crippen LogP contribution >= 0.6 is 0 Å². The van der Waals surface area contributed by atoms with E-state index in [1.807, 2.05) is 7.05 Å². The van der Waals surface area contributed by atoms with Crippen molar-refractivity contribution in [2.24, 2.45) is 5.92 Å². The van der Waals surface area contributed by atoms with Crippen LogP contribution in [0.5, 0.6) is 0 Å². The van der Waals surface area contributed by atoms with Crippen molar-refractivity contribution in [2.75, 3.05) is 33.2 Å². The smallest absolute Gasteiger partial charge is 0.234 e. The van der Waals surface area contributed by atoms with Crippen LogP contribution in [0.4, 0.5) is 0 Å². The number of hydrogen-bond acceptors (Lipinski definition) is 3. The van der Waals surface area contributed by atoms with Crippen LogP contribution in [0.15, 0.2) is 0 Å². The molecule has 2 rings (SSSR count). The highest BCUT2D eigenvalue weighted by Crippen LogP contribution is 2.27. The van der Waals surface area contributed by atoms with Gasteiger partial charge >= 0.3 is 0 Å². The van der Waals surface area contributed by atoms with E-state index < -0.39 is 0 Å². The van der Waals surface area contributed by atoms with E-state index in [0.29, 0.717) is 12.6 Å². The largest absolute Gasteiger partial charge is 0.355 e. The highest BCUT2D eigenvalue weighted by atomic mass is 16.2. The zero-order valence-electron chi connectivity index (χ0n) is 11.6. The van der Waals surface area contributed by atoms with E-state index >= 15 is 0 Å². The molecule has 1 amide bonds. The van der Waals surface area contributed by atoms with Crippen LogP contribution in [0.1, 0.15) is 38.5 Å². The van der Waals surface area contributed by atoms with Gasteiger partial charge in [0.1, 0.15) is 0 Å². The Hall–Kier alpha value is -0.610. The molecule has 1 saturated carbocycles. The van der Waals surface area contributed by atoms with Crippen molar-refractivity contribution in [3.05, 3.63) is 0 Å². The second-order valence-corrected chi connectivity index (χ2v) is 5.92. The SMILES string of the molecule is CN(CCC1CCCCN1)CC(=O)NCC1CC1. The van der Waals surface area contributed by atoms with Gasteiger partial charge in [0, 0.05) is 12.6 Å². The fourth-order valence-electron chi connectivity index (χ4n) is 2.51. The molecular formula is C14H27N3O. The van der Waals surface area contributed by atoms with E-state index in [4.69, 9.17) is 0 Å². The highest BCUT2D eigenvalue weighted by molar-refractivity contribution is 5.77. The van der Waals surface area contributed by atoms with Gasteiger partial charge in [0.05, 0.1) is 6.54 Å². The first-order chi connectivity index (χ1) is 8.74. The maximum Gasteiger partial charge on any atom is 0.234 e. The van der Waals surface area contributed by atoms with Gasteiger partial charge in [-0.1, -0.05) is 6.42 Å². The molecule has 2 fully saturated rings. The maximum atomic E-state index is 11.7. The van der Waals surface area contributed by atoms with Gasteiger partial charge < -0.3 is 10.6 Å². The minimum Gasteiger partial charge on any atom is -0.355 e. The average Bonchev–Trinajstić information content (AvgIpc) is 3.19. The van der Waals surface area contributed by atoms with E-state index in [-0.39, 0.29) is 5.91 Å². The van der Waals surface area contributed by atoms with Crippen molar-refractivity contribution < 1.29 is 4.79 Å². The maximum absolute atomic E-state index is 11.7. The molecule has 0 aromatic rings. The molecule has 1 heterocycles. The van der Waals surface area contributed by atoms with Crippen LogP contribution < -0.4 is 10.6 Å². The Labute approximate surface area is 110 Å². The first-order valence-corrected chi connectivity index (χ1v) is 7.42. The van der Waals surface area contributed by atoms with E-state index in [1.54, 1.807) is 0 Å². The molecule has 4 heteroatoms. The molecule has 104 valence electrons. The summed E-state index contributed by atoms with van der Waals surface area (Å²) in [5.41, 5.74) is 0. The minimum atomic E-state index is 0.181.